The Balaban J connectivity index is 1.38. The van der Waals surface area contributed by atoms with Crippen molar-refractivity contribution in [3.63, 3.8) is 0 Å². The van der Waals surface area contributed by atoms with Crippen molar-refractivity contribution in [3.8, 4) is 0 Å². The van der Waals surface area contributed by atoms with Crippen molar-refractivity contribution in [3.05, 3.63) is 60.3 Å². The molecule has 2 aromatic carbocycles. The Morgan fingerprint density at radius 2 is 1.97 bits per heavy atom. The lowest BCUT2D eigenvalue weighted by Crippen LogP contribution is -2.40. The van der Waals surface area contributed by atoms with Crippen LogP contribution in [0.25, 0.3) is 10.9 Å². The van der Waals surface area contributed by atoms with E-state index in [4.69, 9.17) is 0 Å². The van der Waals surface area contributed by atoms with Crippen LogP contribution >= 0.6 is 0 Å². The second kappa shape index (κ2) is 8.39. The molecule has 2 aliphatic rings. The van der Waals surface area contributed by atoms with E-state index in [-0.39, 0.29) is 12.1 Å². The summed E-state index contributed by atoms with van der Waals surface area (Å²) in [5, 5.41) is 4.38. The zero-order valence-electron chi connectivity index (χ0n) is 18.5. The Labute approximate surface area is 184 Å². The van der Waals surface area contributed by atoms with E-state index >= 15 is 0 Å². The number of hydrogen-bond acceptors (Lipinski definition) is 2. The summed E-state index contributed by atoms with van der Waals surface area (Å²) in [7, 11) is 0. The number of carbonyl (C=O) groups excluding carboxylic acids is 1. The normalized spacial score (nSPS) is 21.4. The van der Waals surface area contributed by atoms with E-state index in [9.17, 15) is 4.79 Å². The van der Waals surface area contributed by atoms with Gasteiger partial charge in [-0.05, 0) is 94.4 Å². The summed E-state index contributed by atoms with van der Waals surface area (Å²) in [6.45, 7) is 6.55. The van der Waals surface area contributed by atoms with Crippen LogP contribution in [-0.2, 0) is 0 Å². The molecular formula is C26H32N4O. The fraction of sp³-hybridized carbons (Fsp3) is 0.423. The number of hydrogen-bond donors (Lipinski definition) is 2. The second-order valence-corrected chi connectivity index (χ2v) is 9.29. The van der Waals surface area contributed by atoms with E-state index in [1.807, 2.05) is 50.2 Å². The third-order valence-electron chi connectivity index (χ3n) is 6.99. The fourth-order valence-corrected chi connectivity index (χ4v) is 5.49. The highest BCUT2D eigenvalue weighted by Crippen LogP contribution is 2.39. The van der Waals surface area contributed by atoms with Crippen molar-refractivity contribution in [1.29, 1.82) is 0 Å². The van der Waals surface area contributed by atoms with Gasteiger partial charge in [0.25, 0.3) is 0 Å². The van der Waals surface area contributed by atoms with Crippen LogP contribution in [0.5, 0.6) is 0 Å². The van der Waals surface area contributed by atoms with Gasteiger partial charge in [-0.1, -0.05) is 18.2 Å². The minimum Gasteiger partial charge on any atom is -0.361 e. The number of anilines is 2. The molecular weight excluding hydrogens is 384 g/mol. The first kappa shape index (κ1) is 20.1. The van der Waals surface area contributed by atoms with E-state index in [1.165, 1.54) is 49.7 Å². The maximum atomic E-state index is 13.1. The zero-order valence-corrected chi connectivity index (χ0v) is 18.5. The molecule has 5 heteroatoms. The number of nitrogens with zero attached hydrogens (tertiary/aromatic N) is 2. The van der Waals surface area contributed by atoms with Crippen LogP contribution in [0.3, 0.4) is 0 Å². The highest BCUT2D eigenvalue weighted by atomic mass is 16.2. The van der Waals surface area contributed by atoms with Crippen molar-refractivity contribution >= 4 is 28.3 Å². The van der Waals surface area contributed by atoms with E-state index in [0.29, 0.717) is 5.92 Å². The Bertz CT molecular complexity index is 1060. The van der Waals surface area contributed by atoms with Crippen molar-refractivity contribution in [2.24, 2.45) is 0 Å². The van der Waals surface area contributed by atoms with Crippen molar-refractivity contribution in [2.45, 2.75) is 57.5 Å². The van der Waals surface area contributed by atoms with Gasteiger partial charge in [0.2, 0.25) is 0 Å². The number of amides is 2. The summed E-state index contributed by atoms with van der Waals surface area (Å²) in [5.74, 6) is 0.593. The first-order valence-corrected chi connectivity index (χ1v) is 11.6. The number of nitrogens with one attached hydrogen (secondary N) is 2. The van der Waals surface area contributed by atoms with Crippen LogP contribution in [-0.4, -0.2) is 41.1 Å². The van der Waals surface area contributed by atoms with E-state index in [0.717, 1.165) is 22.9 Å². The van der Waals surface area contributed by atoms with E-state index in [1.54, 1.807) is 4.90 Å². The Morgan fingerprint density at radius 3 is 2.77 bits per heavy atom. The molecule has 5 rings (SSSR count). The van der Waals surface area contributed by atoms with Crippen molar-refractivity contribution in [2.75, 3.05) is 23.3 Å². The lowest BCUT2D eigenvalue weighted by atomic mass is 9.85. The molecule has 3 aromatic rings. The monoisotopic (exact) mass is 416 g/mol. The molecule has 2 N–H and O–H groups in total. The summed E-state index contributed by atoms with van der Waals surface area (Å²) in [5.41, 5.74) is 4.30. The quantitative estimate of drug-likeness (QED) is 0.552. The molecule has 31 heavy (non-hydrogen) atoms. The minimum absolute atomic E-state index is 0.0607. The average Bonchev–Trinajstić information content (AvgIpc) is 3.40. The maximum Gasteiger partial charge on any atom is 0.326 e. The summed E-state index contributed by atoms with van der Waals surface area (Å²) in [4.78, 5) is 21.1. The second-order valence-electron chi connectivity index (χ2n) is 9.29. The van der Waals surface area contributed by atoms with Gasteiger partial charge in [-0.25, -0.2) is 4.79 Å². The SMILES string of the molecule is CC(C)N(C(=O)Nc1ccc2[nH]cc(C3CCN4CCCC4C3)c2c1)c1ccccc1. The van der Waals surface area contributed by atoms with Crippen LogP contribution in [0, 0.1) is 0 Å². The van der Waals surface area contributed by atoms with Gasteiger partial charge in [-0.3, -0.25) is 4.90 Å². The summed E-state index contributed by atoms with van der Waals surface area (Å²) in [6, 6.07) is 16.8. The molecule has 2 saturated heterocycles. The lowest BCUT2D eigenvalue weighted by molar-refractivity contribution is 0.181. The minimum atomic E-state index is -0.100. The molecule has 162 valence electrons. The first-order valence-electron chi connectivity index (χ1n) is 11.6. The highest BCUT2D eigenvalue weighted by Gasteiger charge is 2.33. The van der Waals surface area contributed by atoms with Gasteiger partial charge in [0, 0.05) is 40.6 Å². The molecule has 0 radical (unpaired) electrons. The molecule has 2 atom stereocenters. The van der Waals surface area contributed by atoms with Gasteiger partial charge in [-0.15, -0.1) is 0 Å². The predicted molar refractivity (Wildman–Crippen MR) is 128 cm³/mol. The molecule has 0 spiro atoms. The number of urea groups is 1. The number of H-pyrrole nitrogens is 1. The molecule has 0 aliphatic carbocycles. The summed E-state index contributed by atoms with van der Waals surface area (Å²) >= 11 is 0. The number of aromatic amines is 1. The number of para-hydroxylation sites is 1. The van der Waals surface area contributed by atoms with Crippen molar-refractivity contribution in [1.82, 2.24) is 9.88 Å². The summed E-state index contributed by atoms with van der Waals surface area (Å²) < 4.78 is 0. The molecule has 0 bridgehead atoms. The highest BCUT2D eigenvalue weighted by molar-refractivity contribution is 6.03. The third kappa shape index (κ3) is 3.94. The Kier molecular flexibility index (Phi) is 5.45. The average molecular weight is 417 g/mol. The third-order valence-corrected chi connectivity index (χ3v) is 6.99. The summed E-state index contributed by atoms with van der Waals surface area (Å²) in [6.07, 6.45) is 7.34. The molecule has 5 nitrogen and oxygen atoms in total. The Hall–Kier alpha value is -2.79. The van der Waals surface area contributed by atoms with Gasteiger partial charge in [0.1, 0.15) is 0 Å². The molecule has 1 aromatic heterocycles. The molecule has 2 amide bonds. The lowest BCUT2D eigenvalue weighted by Gasteiger charge is -2.34. The van der Waals surface area contributed by atoms with Gasteiger partial charge >= 0.3 is 6.03 Å². The number of rotatable bonds is 4. The van der Waals surface area contributed by atoms with Gasteiger partial charge in [0.15, 0.2) is 0 Å². The smallest absolute Gasteiger partial charge is 0.326 e. The van der Waals surface area contributed by atoms with Crippen molar-refractivity contribution < 1.29 is 4.79 Å². The van der Waals surface area contributed by atoms with Gasteiger partial charge < -0.3 is 15.2 Å². The fourth-order valence-electron chi connectivity index (χ4n) is 5.49. The molecule has 2 fully saturated rings. The molecule has 3 heterocycles. The van der Waals surface area contributed by atoms with Gasteiger partial charge in [0.05, 0.1) is 0 Å². The molecule has 0 saturated carbocycles. The molecule has 2 aliphatic heterocycles. The first-order chi connectivity index (χ1) is 15.1. The van der Waals surface area contributed by atoms with Crippen LogP contribution < -0.4 is 10.2 Å². The van der Waals surface area contributed by atoms with Crippen LogP contribution in [0.15, 0.2) is 54.7 Å². The molecule has 2 unspecified atom stereocenters. The number of fused-ring (bicyclic) bond motifs is 2. The zero-order chi connectivity index (χ0) is 21.4. The largest absolute Gasteiger partial charge is 0.361 e. The van der Waals surface area contributed by atoms with Crippen LogP contribution in [0.4, 0.5) is 16.2 Å². The van der Waals surface area contributed by atoms with Gasteiger partial charge in [-0.2, -0.15) is 0 Å². The predicted octanol–water partition coefficient (Wildman–Crippen LogP) is 5.96. The van der Waals surface area contributed by atoms with E-state index in [2.05, 4.69) is 33.5 Å². The van der Waals surface area contributed by atoms with E-state index < -0.39 is 0 Å². The maximum absolute atomic E-state index is 13.1. The standard InChI is InChI=1S/C26H32N4O/c1-18(2)30(21-7-4-3-5-8-21)26(31)28-20-10-11-25-23(16-20)24(17-27-25)19-12-14-29-13-6-9-22(29)15-19/h3-5,7-8,10-11,16-19,22,27H,6,9,12-15H2,1-2H3,(H,28,31). The van der Waals surface area contributed by atoms with Crippen LogP contribution in [0.1, 0.15) is 51.0 Å². The van der Waals surface area contributed by atoms with Crippen LogP contribution in [0.2, 0.25) is 0 Å². The number of benzene rings is 2. The Morgan fingerprint density at radius 1 is 1.13 bits per heavy atom. The number of piperidine rings is 1. The number of aromatic nitrogens is 1. The number of carbonyl (C=O) groups is 1. The topological polar surface area (TPSA) is 51.4 Å².